The van der Waals surface area contributed by atoms with Crippen LogP contribution in [0.4, 0.5) is 4.79 Å². The van der Waals surface area contributed by atoms with Crippen LogP contribution in [0.2, 0.25) is 5.02 Å². The quantitative estimate of drug-likeness (QED) is 0.808. The van der Waals surface area contributed by atoms with Crippen molar-refractivity contribution in [2.75, 3.05) is 60.0 Å². The molecule has 8 heteroatoms. The second kappa shape index (κ2) is 9.78. The molecule has 3 rings (SSSR count). The molecule has 160 valence electrons. The van der Waals surface area contributed by atoms with Crippen molar-refractivity contribution in [1.82, 2.24) is 20.0 Å². The average Bonchev–Trinajstić information content (AvgIpc) is 2.99. The lowest BCUT2D eigenvalue weighted by molar-refractivity contribution is -0.00620. The first kappa shape index (κ1) is 21.9. The highest BCUT2D eigenvalue weighted by atomic mass is 35.5. The fourth-order valence-corrected chi connectivity index (χ4v) is 4.23. The van der Waals surface area contributed by atoms with Crippen molar-refractivity contribution in [1.29, 1.82) is 0 Å². The fourth-order valence-electron chi connectivity index (χ4n) is 4.01. The Morgan fingerprint density at radius 2 is 1.76 bits per heavy atom. The van der Waals surface area contributed by atoms with Crippen molar-refractivity contribution in [2.45, 2.75) is 24.8 Å². The highest BCUT2D eigenvalue weighted by Gasteiger charge is 2.35. The molecule has 0 atom stereocenters. The van der Waals surface area contributed by atoms with Gasteiger partial charge in [-0.05, 0) is 45.5 Å². The van der Waals surface area contributed by atoms with E-state index in [1.807, 2.05) is 17.0 Å². The van der Waals surface area contributed by atoms with E-state index in [0.29, 0.717) is 43.3 Å². The summed E-state index contributed by atoms with van der Waals surface area (Å²) in [5.41, 5.74) is 0.450. The van der Waals surface area contributed by atoms with E-state index < -0.39 is 0 Å². The fraction of sp³-hybridized carbons (Fsp3) is 0.619. The van der Waals surface area contributed by atoms with Gasteiger partial charge < -0.3 is 24.8 Å². The number of urea groups is 1. The predicted molar refractivity (Wildman–Crippen MR) is 113 cm³/mol. The number of hydrogen-bond donors (Lipinski definition) is 1. The third-order valence-corrected chi connectivity index (χ3v) is 6.45. The zero-order valence-electron chi connectivity index (χ0n) is 17.3. The molecule has 1 N–H and O–H groups in total. The van der Waals surface area contributed by atoms with Gasteiger partial charge in [0.05, 0.1) is 10.6 Å². The smallest absolute Gasteiger partial charge is 0.317 e. The van der Waals surface area contributed by atoms with Crippen LogP contribution in [0, 0.1) is 0 Å². The van der Waals surface area contributed by atoms with Crippen molar-refractivity contribution >= 4 is 23.5 Å². The number of nitrogens with zero attached hydrogens (tertiary/aromatic N) is 3. The summed E-state index contributed by atoms with van der Waals surface area (Å²) in [6, 6.07) is 7.03. The summed E-state index contributed by atoms with van der Waals surface area (Å²) in [4.78, 5) is 31.4. The Hall–Kier alpha value is -1.83. The first-order chi connectivity index (χ1) is 13.9. The molecule has 2 aliphatic rings. The molecule has 2 saturated heterocycles. The molecule has 2 aliphatic heterocycles. The second-order valence-corrected chi connectivity index (χ2v) is 8.41. The Morgan fingerprint density at radius 1 is 1.10 bits per heavy atom. The van der Waals surface area contributed by atoms with Crippen molar-refractivity contribution in [3.05, 3.63) is 34.9 Å². The van der Waals surface area contributed by atoms with Gasteiger partial charge >= 0.3 is 6.03 Å². The molecule has 0 radical (unpaired) electrons. The predicted octanol–water partition coefficient (Wildman–Crippen LogP) is 2.31. The minimum atomic E-state index is -0.0772. The summed E-state index contributed by atoms with van der Waals surface area (Å²) in [7, 11) is 4.11. The number of rotatable bonds is 4. The van der Waals surface area contributed by atoms with Crippen LogP contribution >= 0.6 is 11.6 Å². The molecule has 0 aromatic heterocycles. The van der Waals surface area contributed by atoms with Crippen LogP contribution in [0.25, 0.3) is 0 Å². The minimum Gasteiger partial charge on any atom is -0.381 e. The molecule has 2 heterocycles. The summed E-state index contributed by atoms with van der Waals surface area (Å²) < 4.78 is 5.50. The van der Waals surface area contributed by atoms with Gasteiger partial charge in [-0.15, -0.1) is 0 Å². The lowest BCUT2D eigenvalue weighted by Crippen LogP contribution is -2.57. The van der Waals surface area contributed by atoms with Gasteiger partial charge in [-0.3, -0.25) is 4.79 Å². The normalized spacial score (nSPS) is 19.7. The van der Waals surface area contributed by atoms with Crippen LogP contribution in [0.5, 0.6) is 0 Å². The molecule has 1 aromatic carbocycles. The van der Waals surface area contributed by atoms with Crippen LogP contribution in [-0.4, -0.2) is 92.2 Å². The highest BCUT2D eigenvalue weighted by molar-refractivity contribution is 6.33. The first-order valence-corrected chi connectivity index (χ1v) is 10.6. The lowest BCUT2D eigenvalue weighted by Gasteiger charge is -2.43. The molecular weight excluding hydrogens is 392 g/mol. The number of ether oxygens (including phenoxy) is 1. The molecule has 0 saturated carbocycles. The van der Waals surface area contributed by atoms with E-state index in [9.17, 15) is 9.59 Å². The zero-order chi connectivity index (χ0) is 20.9. The van der Waals surface area contributed by atoms with E-state index in [1.165, 1.54) is 0 Å². The van der Waals surface area contributed by atoms with E-state index in [1.54, 1.807) is 17.0 Å². The molecular formula is C21H31ClN4O3. The molecule has 0 unspecified atom stereocenters. The lowest BCUT2D eigenvalue weighted by atomic mass is 9.88. The molecule has 0 spiro atoms. The molecule has 0 aliphatic carbocycles. The highest BCUT2D eigenvalue weighted by Crippen LogP contribution is 2.25. The van der Waals surface area contributed by atoms with E-state index in [0.717, 1.165) is 32.5 Å². The van der Waals surface area contributed by atoms with Crippen LogP contribution in [0.1, 0.15) is 29.6 Å². The number of nitrogens with one attached hydrogen (secondary N) is 1. The van der Waals surface area contributed by atoms with Gasteiger partial charge in [0.2, 0.25) is 0 Å². The van der Waals surface area contributed by atoms with Crippen molar-refractivity contribution < 1.29 is 14.3 Å². The largest absolute Gasteiger partial charge is 0.381 e. The maximum atomic E-state index is 12.8. The standard InChI is InChI=1S/C21H31ClN4O3/c1-24(2)21(8-14-29-15-9-21)16-23-20(28)26-11-5-10-25(12-13-26)19(27)17-6-3-4-7-18(17)22/h3-4,6-7H,5,8-16H2,1-2H3,(H,23,28). The van der Waals surface area contributed by atoms with Gasteiger partial charge in [0, 0.05) is 51.5 Å². The average molecular weight is 423 g/mol. The summed E-state index contributed by atoms with van der Waals surface area (Å²) in [6.45, 7) is 4.31. The Balaban J connectivity index is 1.55. The Morgan fingerprint density at radius 3 is 2.45 bits per heavy atom. The number of carbonyl (C=O) groups is 2. The number of carbonyl (C=O) groups excluding carboxylic acids is 2. The number of halogens is 1. The molecule has 1 aromatic rings. The molecule has 0 bridgehead atoms. The maximum Gasteiger partial charge on any atom is 0.317 e. The van der Waals surface area contributed by atoms with Crippen LogP contribution in [-0.2, 0) is 4.74 Å². The Labute approximate surface area is 177 Å². The van der Waals surface area contributed by atoms with E-state index in [2.05, 4.69) is 24.3 Å². The SMILES string of the molecule is CN(C)C1(CNC(=O)N2CCCN(C(=O)c3ccccc3Cl)CC2)CCOCC1. The van der Waals surface area contributed by atoms with Gasteiger partial charge in [-0.2, -0.15) is 0 Å². The number of hydrogen-bond acceptors (Lipinski definition) is 4. The summed E-state index contributed by atoms with van der Waals surface area (Å²) in [5, 5.41) is 3.58. The Kier molecular flexibility index (Phi) is 7.38. The van der Waals surface area contributed by atoms with Gasteiger partial charge in [0.1, 0.15) is 0 Å². The number of benzene rings is 1. The van der Waals surface area contributed by atoms with E-state index >= 15 is 0 Å². The van der Waals surface area contributed by atoms with Crippen LogP contribution in [0.15, 0.2) is 24.3 Å². The third kappa shape index (κ3) is 5.21. The summed E-state index contributed by atoms with van der Waals surface area (Å²) in [6.07, 6.45) is 2.55. The molecule has 7 nitrogen and oxygen atoms in total. The van der Waals surface area contributed by atoms with Gasteiger partial charge in [0.15, 0.2) is 0 Å². The maximum absolute atomic E-state index is 12.8. The van der Waals surface area contributed by atoms with Crippen LogP contribution in [0.3, 0.4) is 0 Å². The second-order valence-electron chi connectivity index (χ2n) is 8.00. The zero-order valence-corrected chi connectivity index (χ0v) is 18.1. The van der Waals surface area contributed by atoms with Gasteiger partial charge in [-0.1, -0.05) is 23.7 Å². The summed E-state index contributed by atoms with van der Waals surface area (Å²) >= 11 is 6.18. The van der Waals surface area contributed by atoms with E-state index in [-0.39, 0.29) is 17.5 Å². The van der Waals surface area contributed by atoms with Crippen LogP contribution < -0.4 is 5.32 Å². The number of amides is 3. The minimum absolute atomic E-state index is 0.0637. The monoisotopic (exact) mass is 422 g/mol. The first-order valence-electron chi connectivity index (χ1n) is 10.2. The van der Waals surface area contributed by atoms with E-state index in [4.69, 9.17) is 16.3 Å². The van der Waals surface area contributed by atoms with Crippen molar-refractivity contribution in [3.63, 3.8) is 0 Å². The molecule has 29 heavy (non-hydrogen) atoms. The van der Waals surface area contributed by atoms with Crippen molar-refractivity contribution in [3.8, 4) is 0 Å². The molecule has 2 fully saturated rings. The van der Waals surface area contributed by atoms with Gasteiger partial charge in [-0.25, -0.2) is 4.79 Å². The molecule has 3 amide bonds. The number of likely N-dealkylation sites (N-methyl/N-ethyl adjacent to an activating group) is 1. The topological polar surface area (TPSA) is 65.1 Å². The summed E-state index contributed by atoms with van der Waals surface area (Å²) in [5.74, 6) is -0.0772. The third-order valence-electron chi connectivity index (χ3n) is 6.12. The Bertz CT molecular complexity index is 722. The van der Waals surface area contributed by atoms with Crippen molar-refractivity contribution in [2.24, 2.45) is 0 Å². The van der Waals surface area contributed by atoms with Gasteiger partial charge in [0.25, 0.3) is 5.91 Å².